The van der Waals surface area contributed by atoms with E-state index in [0.29, 0.717) is 0 Å². The predicted molar refractivity (Wildman–Crippen MR) is 76.4 cm³/mol. The van der Waals surface area contributed by atoms with Crippen molar-refractivity contribution in [1.82, 2.24) is 0 Å². The third-order valence-electron chi connectivity index (χ3n) is 2.97. The zero-order chi connectivity index (χ0) is 15.4. The standard InChI is InChI=1S/C14H22FO4P/c1-5-6-7-11-8-9-13(18-20(16,17)19-15)12(10-11)14(2,3)4/h8-10H,5-7H2,1-4H3,(H,16,17). The minimum atomic E-state index is -4.69. The Labute approximate surface area is 119 Å². The average Bonchev–Trinajstić information content (AvgIpc) is 2.36. The molecule has 0 aliphatic carbocycles. The monoisotopic (exact) mass is 304 g/mol. The smallest absolute Gasteiger partial charge is 0.402 e. The van der Waals surface area contributed by atoms with Gasteiger partial charge in [0.05, 0.1) is 0 Å². The number of aryl methyl sites for hydroxylation is 1. The van der Waals surface area contributed by atoms with Gasteiger partial charge < -0.3 is 4.52 Å². The molecule has 1 unspecified atom stereocenters. The van der Waals surface area contributed by atoms with Crippen molar-refractivity contribution in [3.63, 3.8) is 0 Å². The molecule has 0 saturated carbocycles. The highest BCUT2D eigenvalue weighted by Crippen LogP contribution is 2.47. The fraction of sp³-hybridized carbons (Fsp3) is 0.571. The summed E-state index contributed by atoms with van der Waals surface area (Å²) in [7, 11) is -4.69. The number of hydrogen-bond donors (Lipinski definition) is 1. The molecule has 1 N–H and O–H groups in total. The molecule has 0 fully saturated rings. The molecule has 4 nitrogen and oxygen atoms in total. The maximum Gasteiger partial charge on any atom is 0.559 e. The van der Waals surface area contributed by atoms with Crippen LogP contribution in [-0.2, 0) is 21.1 Å². The van der Waals surface area contributed by atoms with Crippen LogP contribution in [0.25, 0.3) is 0 Å². The lowest BCUT2D eigenvalue weighted by Crippen LogP contribution is -2.13. The van der Waals surface area contributed by atoms with Gasteiger partial charge in [0, 0.05) is 5.56 Å². The van der Waals surface area contributed by atoms with E-state index < -0.39 is 7.82 Å². The maximum absolute atomic E-state index is 12.0. The Kier molecular flexibility index (Phi) is 5.75. The van der Waals surface area contributed by atoms with Gasteiger partial charge >= 0.3 is 7.82 Å². The molecule has 1 rings (SSSR count). The predicted octanol–water partition coefficient (Wildman–Crippen LogP) is 4.71. The largest absolute Gasteiger partial charge is 0.559 e. The normalized spacial score (nSPS) is 14.9. The van der Waals surface area contributed by atoms with Crippen molar-refractivity contribution in [2.75, 3.05) is 0 Å². The SMILES string of the molecule is CCCCc1ccc(OP(=O)(O)OF)c(C(C)(C)C)c1. The van der Waals surface area contributed by atoms with Gasteiger partial charge in [-0.05, 0) is 34.4 Å². The molecule has 0 aliphatic rings. The number of hydrogen-bond acceptors (Lipinski definition) is 3. The van der Waals surface area contributed by atoms with E-state index in [1.165, 1.54) is 0 Å². The van der Waals surface area contributed by atoms with Crippen LogP contribution in [0.4, 0.5) is 4.53 Å². The lowest BCUT2D eigenvalue weighted by atomic mass is 9.85. The summed E-state index contributed by atoms with van der Waals surface area (Å²) in [6.07, 6.45) is 3.08. The molecule has 0 heterocycles. The van der Waals surface area contributed by atoms with Crippen molar-refractivity contribution in [3.05, 3.63) is 29.3 Å². The summed E-state index contributed by atoms with van der Waals surface area (Å²) >= 11 is 0. The number of phosphoric ester groups is 1. The van der Waals surface area contributed by atoms with Gasteiger partial charge in [0.1, 0.15) is 5.75 Å². The van der Waals surface area contributed by atoms with Crippen LogP contribution in [0.15, 0.2) is 18.2 Å². The minimum Gasteiger partial charge on any atom is -0.402 e. The van der Waals surface area contributed by atoms with Crippen molar-refractivity contribution in [3.8, 4) is 5.75 Å². The molecule has 114 valence electrons. The highest BCUT2D eigenvalue weighted by molar-refractivity contribution is 7.47. The molecule has 20 heavy (non-hydrogen) atoms. The third kappa shape index (κ3) is 4.89. The zero-order valence-corrected chi connectivity index (χ0v) is 13.2. The number of phosphoric acid groups is 1. The first-order chi connectivity index (χ1) is 9.19. The van der Waals surface area contributed by atoms with Crippen molar-refractivity contribution < 1.29 is 23.2 Å². The van der Waals surface area contributed by atoms with Crippen LogP contribution >= 0.6 is 7.82 Å². The third-order valence-corrected chi connectivity index (χ3v) is 3.57. The Morgan fingerprint density at radius 3 is 2.50 bits per heavy atom. The molecule has 0 spiro atoms. The highest BCUT2D eigenvalue weighted by atomic mass is 31.2. The number of unbranched alkanes of at least 4 members (excludes halogenated alkanes) is 1. The van der Waals surface area contributed by atoms with E-state index in [1.54, 1.807) is 6.07 Å². The summed E-state index contributed by atoms with van der Waals surface area (Å²) in [6.45, 7) is 7.98. The first-order valence-corrected chi connectivity index (χ1v) is 8.15. The highest BCUT2D eigenvalue weighted by Gasteiger charge is 2.28. The lowest BCUT2D eigenvalue weighted by Gasteiger charge is -2.24. The fourth-order valence-corrected chi connectivity index (χ4v) is 2.35. The van der Waals surface area contributed by atoms with E-state index in [0.717, 1.165) is 30.4 Å². The van der Waals surface area contributed by atoms with E-state index in [4.69, 9.17) is 9.42 Å². The number of rotatable bonds is 6. The van der Waals surface area contributed by atoms with E-state index in [2.05, 4.69) is 11.7 Å². The molecule has 0 amide bonds. The second-order valence-corrected chi connectivity index (χ2v) is 7.07. The fourth-order valence-electron chi connectivity index (χ4n) is 1.92. The van der Waals surface area contributed by atoms with Crippen molar-refractivity contribution in [2.24, 2.45) is 0 Å². The molecule has 0 aromatic heterocycles. The molecular weight excluding hydrogens is 282 g/mol. The van der Waals surface area contributed by atoms with Crippen molar-refractivity contribution in [1.29, 1.82) is 0 Å². The molecule has 0 aliphatic heterocycles. The molecule has 1 aromatic rings. The Bertz CT molecular complexity index is 496. The van der Waals surface area contributed by atoms with Crippen LogP contribution < -0.4 is 4.52 Å². The van der Waals surface area contributed by atoms with Crippen LogP contribution in [0.1, 0.15) is 51.7 Å². The Morgan fingerprint density at radius 2 is 2.00 bits per heavy atom. The van der Waals surface area contributed by atoms with Gasteiger partial charge in [-0.3, -0.25) is 4.89 Å². The Morgan fingerprint density at radius 1 is 1.35 bits per heavy atom. The maximum atomic E-state index is 12.0. The minimum absolute atomic E-state index is 0.168. The van der Waals surface area contributed by atoms with Crippen LogP contribution in [0.3, 0.4) is 0 Å². The van der Waals surface area contributed by atoms with Crippen molar-refractivity contribution >= 4 is 7.82 Å². The van der Waals surface area contributed by atoms with Gasteiger partial charge in [-0.1, -0.05) is 51.0 Å². The number of halogens is 1. The van der Waals surface area contributed by atoms with Gasteiger partial charge in [-0.2, -0.15) is 0 Å². The van der Waals surface area contributed by atoms with Crippen molar-refractivity contribution in [2.45, 2.75) is 52.4 Å². The summed E-state index contributed by atoms with van der Waals surface area (Å²) < 4.78 is 31.0. The van der Waals surface area contributed by atoms with Gasteiger partial charge in [-0.15, -0.1) is 0 Å². The van der Waals surface area contributed by atoms with Gasteiger partial charge in [-0.25, -0.2) is 4.57 Å². The average molecular weight is 304 g/mol. The molecule has 0 bridgehead atoms. The van der Waals surface area contributed by atoms with Crippen LogP contribution in [-0.4, -0.2) is 4.89 Å². The molecule has 1 atom stereocenters. The van der Waals surface area contributed by atoms with Gasteiger partial charge in [0.2, 0.25) is 0 Å². The Hall–Kier alpha value is -0.900. The first kappa shape index (κ1) is 17.2. The summed E-state index contributed by atoms with van der Waals surface area (Å²) in [5.41, 5.74) is 1.57. The Balaban J connectivity index is 3.14. The van der Waals surface area contributed by atoms with E-state index in [-0.39, 0.29) is 11.2 Å². The second-order valence-electron chi connectivity index (χ2n) is 5.81. The van der Waals surface area contributed by atoms with Crippen LogP contribution in [0.2, 0.25) is 0 Å². The quantitative estimate of drug-likeness (QED) is 0.773. The van der Waals surface area contributed by atoms with Gasteiger partial charge in [0.15, 0.2) is 0 Å². The summed E-state index contributed by atoms with van der Waals surface area (Å²) in [6, 6.07) is 5.34. The zero-order valence-electron chi connectivity index (χ0n) is 12.4. The van der Waals surface area contributed by atoms with E-state index >= 15 is 0 Å². The molecule has 6 heteroatoms. The summed E-state index contributed by atoms with van der Waals surface area (Å²) in [5.74, 6) is 0.168. The van der Waals surface area contributed by atoms with Gasteiger partial charge in [0.25, 0.3) is 0 Å². The number of benzene rings is 1. The topological polar surface area (TPSA) is 55.8 Å². The summed E-state index contributed by atoms with van der Waals surface area (Å²) in [5, 5.41) is 0. The van der Waals surface area contributed by atoms with E-state index in [9.17, 15) is 9.09 Å². The molecule has 1 aromatic carbocycles. The first-order valence-electron chi connectivity index (χ1n) is 6.65. The second kappa shape index (κ2) is 6.70. The van der Waals surface area contributed by atoms with E-state index in [1.807, 2.05) is 32.9 Å². The van der Waals surface area contributed by atoms with Crippen LogP contribution in [0.5, 0.6) is 5.75 Å². The molecular formula is C14H22FO4P. The lowest BCUT2D eigenvalue weighted by molar-refractivity contribution is -0.0364. The summed E-state index contributed by atoms with van der Waals surface area (Å²) in [4.78, 5) is 9.11. The molecule has 0 radical (unpaired) electrons. The van der Waals surface area contributed by atoms with Crippen LogP contribution in [0, 0.1) is 0 Å². The molecule has 0 saturated heterocycles.